The molecule has 1 aliphatic carbocycles. The molecule has 1 heterocycles. The summed E-state index contributed by atoms with van der Waals surface area (Å²) < 4.78 is 15.4. The molecule has 0 spiro atoms. The van der Waals surface area contributed by atoms with Gasteiger partial charge in [-0.2, -0.15) is 5.10 Å². The second-order valence-electron chi connectivity index (χ2n) is 5.32. The molecule has 1 aromatic carbocycles. The highest BCUT2D eigenvalue weighted by molar-refractivity contribution is 5.94. The number of carbonyl (C=O) groups is 1. The van der Waals surface area contributed by atoms with Gasteiger partial charge in [-0.1, -0.05) is 0 Å². The Bertz CT molecular complexity index is 695. The Morgan fingerprint density at radius 1 is 1.52 bits per heavy atom. The Kier molecular flexibility index (Phi) is 3.37. The van der Waals surface area contributed by atoms with Crippen molar-refractivity contribution in [1.82, 2.24) is 9.78 Å². The van der Waals surface area contributed by atoms with Crippen LogP contribution in [0, 0.1) is 5.82 Å². The molecule has 1 aromatic heterocycles. The highest BCUT2D eigenvalue weighted by Gasteiger charge is 2.23. The Balaban J connectivity index is 1.88. The van der Waals surface area contributed by atoms with Gasteiger partial charge in [0.1, 0.15) is 5.82 Å². The molecule has 6 heteroatoms. The third-order valence-corrected chi connectivity index (χ3v) is 3.95. The molecule has 0 saturated carbocycles. The fourth-order valence-corrected chi connectivity index (χ4v) is 2.86. The maximum Gasteiger partial charge on any atom is 0.251 e. The van der Waals surface area contributed by atoms with Crippen molar-refractivity contribution in [1.29, 1.82) is 0 Å². The van der Waals surface area contributed by atoms with E-state index in [2.05, 4.69) is 10.4 Å². The minimum atomic E-state index is -0.762. The van der Waals surface area contributed by atoms with Gasteiger partial charge in [-0.3, -0.25) is 9.48 Å². The topological polar surface area (TPSA) is 72.9 Å². The summed E-state index contributed by atoms with van der Waals surface area (Å²) in [5.41, 5.74) is 8.15. The van der Waals surface area contributed by atoms with Gasteiger partial charge in [0.15, 0.2) is 0 Å². The van der Waals surface area contributed by atoms with E-state index in [1.165, 1.54) is 17.8 Å². The monoisotopic (exact) mass is 288 g/mol. The average molecular weight is 288 g/mol. The summed E-state index contributed by atoms with van der Waals surface area (Å²) in [6, 6.07) is 4.46. The Hall–Kier alpha value is -2.37. The number of halogens is 1. The van der Waals surface area contributed by atoms with E-state index >= 15 is 0 Å². The maximum atomic E-state index is 13.5. The van der Waals surface area contributed by atoms with Crippen LogP contribution < -0.4 is 11.1 Å². The van der Waals surface area contributed by atoms with Crippen LogP contribution in [0.4, 0.5) is 10.1 Å². The van der Waals surface area contributed by atoms with Gasteiger partial charge in [-0.05, 0) is 37.5 Å². The van der Waals surface area contributed by atoms with Crippen LogP contribution in [0.1, 0.15) is 40.5 Å². The summed E-state index contributed by atoms with van der Waals surface area (Å²) >= 11 is 0. The molecule has 110 valence electrons. The zero-order valence-corrected chi connectivity index (χ0v) is 11.8. The number of fused-ring (bicyclic) bond motifs is 1. The number of rotatable bonds is 3. The van der Waals surface area contributed by atoms with Crippen LogP contribution in [0.25, 0.3) is 0 Å². The molecule has 1 amide bonds. The maximum absolute atomic E-state index is 13.5. The van der Waals surface area contributed by atoms with Crippen molar-refractivity contribution in [3.05, 3.63) is 47.0 Å². The van der Waals surface area contributed by atoms with E-state index in [1.54, 1.807) is 6.07 Å². The van der Waals surface area contributed by atoms with Crippen LogP contribution in [0.15, 0.2) is 24.4 Å². The van der Waals surface area contributed by atoms with Gasteiger partial charge in [-0.25, -0.2) is 4.39 Å². The molecular formula is C15H17FN4O. The van der Waals surface area contributed by atoms with Gasteiger partial charge >= 0.3 is 0 Å². The van der Waals surface area contributed by atoms with Crippen molar-refractivity contribution in [2.75, 3.05) is 5.32 Å². The normalized spacial score (nSPS) is 17.3. The standard InChI is InChI=1S/C15H17FN4O/c1-20-14-4-2-3-13(11(14)8-18-20)19-9-5-6-12(16)10(7-9)15(17)21/h5-8,13,19H,2-4H2,1H3,(H2,17,21). The fraction of sp³-hybridized carbons (Fsp3) is 0.333. The van der Waals surface area contributed by atoms with Gasteiger partial charge in [0.25, 0.3) is 5.91 Å². The smallest absolute Gasteiger partial charge is 0.251 e. The van der Waals surface area contributed by atoms with Crippen LogP contribution in [0.5, 0.6) is 0 Å². The molecule has 3 N–H and O–H groups in total. The number of anilines is 1. The molecule has 1 atom stereocenters. The van der Waals surface area contributed by atoms with Gasteiger partial charge in [0.2, 0.25) is 0 Å². The highest BCUT2D eigenvalue weighted by Crippen LogP contribution is 2.32. The van der Waals surface area contributed by atoms with E-state index < -0.39 is 11.7 Å². The first-order valence-electron chi connectivity index (χ1n) is 6.93. The van der Waals surface area contributed by atoms with E-state index in [-0.39, 0.29) is 11.6 Å². The number of aromatic nitrogens is 2. The highest BCUT2D eigenvalue weighted by atomic mass is 19.1. The second-order valence-corrected chi connectivity index (χ2v) is 5.32. The predicted octanol–water partition coefficient (Wildman–Crippen LogP) is 2.15. The first kappa shape index (κ1) is 13.6. The number of hydrogen-bond acceptors (Lipinski definition) is 3. The van der Waals surface area contributed by atoms with Crippen LogP contribution >= 0.6 is 0 Å². The van der Waals surface area contributed by atoms with Crippen LogP contribution in [-0.4, -0.2) is 15.7 Å². The number of hydrogen-bond donors (Lipinski definition) is 2. The fourth-order valence-electron chi connectivity index (χ4n) is 2.86. The summed E-state index contributed by atoms with van der Waals surface area (Å²) in [6.07, 6.45) is 4.92. The summed E-state index contributed by atoms with van der Waals surface area (Å²) in [7, 11) is 1.93. The van der Waals surface area contributed by atoms with Crippen molar-refractivity contribution in [2.45, 2.75) is 25.3 Å². The number of carbonyl (C=O) groups excluding carboxylic acids is 1. The van der Waals surface area contributed by atoms with Crippen molar-refractivity contribution in [3.63, 3.8) is 0 Å². The third kappa shape index (κ3) is 2.49. The van der Waals surface area contributed by atoms with Gasteiger partial charge in [-0.15, -0.1) is 0 Å². The zero-order valence-electron chi connectivity index (χ0n) is 11.8. The first-order chi connectivity index (χ1) is 10.1. The van der Waals surface area contributed by atoms with E-state index in [1.807, 2.05) is 17.9 Å². The minimum Gasteiger partial charge on any atom is -0.378 e. The van der Waals surface area contributed by atoms with E-state index in [4.69, 9.17) is 5.73 Å². The zero-order chi connectivity index (χ0) is 15.0. The lowest BCUT2D eigenvalue weighted by Crippen LogP contribution is -2.19. The summed E-state index contributed by atoms with van der Waals surface area (Å²) in [5, 5.41) is 7.64. The molecule has 0 radical (unpaired) electrons. The van der Waals surface area contributed by atoms with Crippen molar-refractivity contribution in [2.24, 2.45) is 12.8 Å². The summed E-state index contributed by atoms with van der Waals surface area (Å²) in [6.45, 7) is 0. The molecule has 0 bridgehead atoms. The van der Waals surface area contributed by atoms with Crippen molar-refractivity contribution < 1.29 is 9.18 Å². The molecule has 0 saturated heterocycles. The quantitative estimate of drug-likeness (QED) is 0.909. The first-order valence-corrected chi connectivity index (χ1v) is 6.93. The number of aryl methyl sites for hydroxylation is 1. The molecule has 2 aromatic rings. The molecule has 21 heavy (non-hydrogen) atoms. The lowest BCUT2D eigenvalue weighted by atomic mass is 9.92. The molecule has 5 nitrogen and oxygen atoms in total. The van der Waals surface area contributed by atoms with Gasteiger partial charge in [0, 0.05) is 24.0 Å². The number of nitrogens with two attached hydrogens (primary N) is 1. The van der Waals surface area contributed by atoms with E-state index in [0.717, 1.165) is 24.8 Å². The van der Waals surface area contributed by atoms with Crippen molar-refractivity contribution in [3.8, 4) is 0 Å². The van der Waals surface area contributed by atoms with E-state index in [9.17, 15) is 9.18 Å². The summed E-state index contributed by atoms with van der Waals surface area (Å²) in [5.74, 6) is -1.36. The lowest BCUT2D eigenvalue weighted by Gasteiger charge is -2.25. The number of amides is 1. The molecule has 1 aliphatic rings. The molecule has 1 unspecified atom stereocenters. The second kappa shape index (κ2) is 5.20. The van der Waals surface area contributed by atoms with Crippen LogP contribution in [-0.2, 0) is 13.5 Å². The Morgan fingerprint density at radius 2 is 2.33 bits per heavy atom. The third-order valence-electron chi connectivity index (χ3n) is 3.95. The minimum absolute atomic E-state index is 0.0952. The van der Waals surface area contributed by atoms with Crippen molar-refractivity contribution >= 4 is 11.6 Å². The number of nitrogens with one attached hydrogen (secondary N) is 1. The molecule has 3 rings (SSSR count). The number of primary amides is 1. The SMILES string of the molecule is Cn1ncc2c1CCCC2Nc1ccc(F)c(C(N)=O)c1. The average Bonchev–Trinajstić information content (AvgIpc) is 2.84. The molecule has 0 aliphatic heterocycles. The van der Waals surface area contributed by atoms with Gasteiger partial charge in [0.05, 0.1) is 17.8 Å². The Morgan fingerprint density at radius 3 is 3.10 bits per heavy atom. The molecule has 0 fully saturated rings. The Labute approximate surface area is 121 Å². The predicted molar refractivity (Wildman–Crippen MR) is 77.4 cm³/mol. The van der Waals surface area contributed by atoms with Gasteiger partial charge < -0.3 is 11.1 Å². The largest absolute Gasteiger partial charge is 0.378 e. The van der Waals surface area contributed by atoms with E-state index in [0.29, 0.717) is 5.69 Å². The van der Waals surface area contributed by atoms with Crippen LogP contribution in [0.3, 0.4) is 0 Å². The number of benzene rings is 1. The van der Waals surface area contributed by atoms with Crippen LogP contribution in [0.2, 0.25) is 0 Å². The molecular weight excluding hydrogens is 271 g/mol. The lowest BCUT2D eigenvalue weighted by molar-refractivity contribution is 0.0996. The summed E-state index contributed by atoms with van der Waals surface area (Å²) in [4.78, 5) is 11.2. The number of nitrogens with zero attached hydrogens (tertiary/aromatic N) is 2.